The quantitative estimate of drug-likeness (QED) is 0.459. The lowest BCUT2D eigenvalue weighted by molar-refractivity contribution is -0.125. The monoisotopic (exact) mass is 242 g/mol. The molecule has 1 aromatic heterocycles. The van der Waals surface area contributed by atoms with Gasteiger partial charge in [-0.25, -0.2) is 4.79 Å². The SMILES string of the molecule is Cn1ncc(C(=O)O)c1CNCC(O)C(N)=O. The Morgan fingerprint density at radius 1 is 1.65 bits per heavy atom. The molecule has 1 amide bonds. The first-order valence-corrected chi connectivity index (χ1v) is 4.85. The Labute approximate surface area is 97.0 Å². The number of primary amides is 1. The van der Waals surface area contributed by atoms with Crippen LogP contribution in [0.5, 0.6) is 0 Å². The van der Waals surface area contributed by atoms with Gasteiger partial charge in [-0.05, 0) is 0 Å². The molecule has 0 spiro atoms. The zero-order valence-corrected chi connectivity index (χ0v) is 9.25. The zero-order valence-electron chi connectivity index (χ0n) is 9.25. The number of carboxylic acid groups (broad SMARTS) is 1. The van der Waals surface area contributed by atoms with E-state index in [1.165, 1.54) is 10.9 Å². The summed E-state index contributed by atoms with van der Waals surface area (Å²) in [5, 5.41) is 24.5. The normalized spacial score (nSPS) is 12.4. The van der Waals surface area contributed by atoms with Gasteiger partial charge in [0.05, 0.1) is 11.9 Å². The highest BCUT2D eigenvalue weighted by molar-refractivity contribution is 5.88. The minimum Gasteiger partial charge on any atom is -0.478 e. The van der Waals surface area contributed by atoms with Crippen molar-refractivity contribution in [2.24, 2.45) is 12.8 Å². The first-order valence-electron chi connectivity index (χ1n) is 4.85. The number of amides is 1. The number of nitrogens with two attached hydrogens (primary N) is 1. The minimum atomic E-state index is -1.29. The highest BCUT2D eigenvalue weighted by Gasteiger charge is 2.15. The fourth-order valence-electron chi connectivity index (χ4n) is 1.28. The maximum absolute atomic E-state index is 10.8. The van der Waals surface area contributed by atoms with Gasteiger partial charge in [0, 0.05) is 20.1 Å². The van der Waals surface area contributed by atoms with Crippen molar-refractivity contribution < 1.29 is 19.8 Å². The molecule has 1 heterocycles. The first kappa shape index (κ1) is 13.1. The Morgan fingerprint density at radius 3 is 2.82 bits per heavy atom. The Balaban J connectivity index is 2.60. The van der Waals surface area contributed by atoms with Gasteiger partial charge in [-0.15, -0.1) is 0 Å². The standard InChI is InChI=1S/C9H14N4O4/c1-13-6(5(2-12-13)9(16)17)3-11-4-7(14)8(10)15/h2,7,11,14H,3-4H2,1H3,(H2,10,15)(H,16,17). The van der Waals surface area contributed by atoms with Crippen molar-refractivity contribution in [2.45, 2.75) is 12.6 Å². The van der Waals surface area contributed by atoms with Crippen molar-refractivity contribution in [2.75, 3.05) is 6.54 Å². The molecule has 1 aromatic rings. The average Bonchev–Trinajstić information content (AvgIpc) is 2.60. The molecular weight excluding hydrogens is 228 g/mol. The second-order valence-electron chi connectivity index (χ2n) is 3.48. The lowest BCUT2D eigenvalue weighted by atomic mass is 10.2. The van der Waals surface area contributed by atoms with Gasteiger partial charge >= 0.3 is 5.97 Å². The van der Waals surface area contributed by atoms with E-state index < -0.39 is 18.0 Å². The number of nitrogens with one attached hydrogen (secondary N) is 1. The summed E-state index contributed by atoms with van der Waals surface area (Å²) in [6.07, 6.45) is -0.0550. The van der Waals surface area contributed by atoms with Crippen molar-refractivity contribution in [3.63, 3.8) is 0 Å². The number of carbonyl (C=O) groups excluding carboxylic acids is 1. The molecule has 8 nitrogen and oxygen atoms in total. The van der Waals surface area contributed by atoms with E-state index in [1.54, 1.807) is 7.05 Å². The van der Waals surface area contributed by atoms with Crippen molar-refractivity contribution in [3.8, 4) is 0 Å². The van der Waals surface area contributed by atoms with Crippen LogP contribution < -0.4 is 11.1 Å². The van der Waals surface area contributed by atoms with Gasteiger partial charge in [0.1, 0.15) is 11.7 Å². The second kappa shape index (κ2) is 5.41. The molecule has 0 bridgehead atoms. The molecule has 1 rings (SSSR count). The third-order valence-electron chi connectivity index (χ3n) is 2.25. The molecule has 17 heavy (non-hydrogen) atoms. The smallest absolute Gasteiger partial charge is 0.339 e. The Morgan fingerprint density at radius 2 is 2.29 bits per heavy atom. The summed E-state index contributed by atoms with van der Waals surface area (Å²) in [6.45, 7) is 0.127. The lowest BCUT2D eigenvalue weighted by Crippen LogP contribution is -2.37. The van der Waals surface area contributed by atoms with Crippen LogP contribution in [0.3, 0.4) is 0 Å². The van der Waals surface area contributed by atoms with Crippen LogP contribution in [0.1, 0.15) is 16.1 Å². The summed E-state index contributed by atoms with van der Waals surface area (Å²) in [7, 11) is 1.61. The van der Waals surface area contributed by atoms with Gasteiger partial charge in [-0.1, -0.05) is 0 Å². The number of rotatable bonds is 6. The predicted molar refractivity (Wildman–Crippen MR) is 57.1 cm³/mol. The van der Waals surface area contributed by atoms with Gasteiger partial charge in [0.15, 0.2) is 0 Å². The molecule has 0 radical (unpaired) electrons. The summed E-state index contributed by atoms with van der Waals surface area (Å²) in [5.41, 5.74) is 5.39. The van der Waals surface area contributed by atoms with E-state index in [2.05, 4.69) is 10.4 Å². The van der Waals surface area contributed by atoms with Crippen molar-refractivity contribution >= 4 is 11.9 Å². The molecule has 0 aliphatic carbocycles. The number of hydrogen-bond acceptors (Lipinski definition) is 5. The highest BCUT2D eigenvalue weighted by atomic mass is 16.4. The maximum Gasteiger partial charge on any atom is 0.339 e. The third kappa shape index (κ3) is 3.26. The van der Waals surface area contributed by atoms with E-state index in [0.29, 0.717) is 5.69 Å². The van der Waals surface area contributed by atoms with Gasteiger partial charge in [-0.3, -0.25) is 9.48 Å². The Hall–Kier alpha value is -1.93. The molecule has 0 fully saturated rings. The fourth-order valence-corrected chi connectivity index (χ4v) is 1.28. The van der Waals surface area contributed by atoms with Crippen LogP contribution in [0.2, 0.25) is 0 Å². The van der Waals surface area contributed by atoms with Gasteiger partial charge in [0.25, 0.3) is 0 Å². The molecule has 8 heteroatoms. The molecule has 1 atom stereocenters. The van der Waals surface area contributed by atoms with Crippen molar-refractivity contribution in [1.29, 1.82) is 0 Å². The largest absolute Gasteiger partial charge is 0.478 e. The molecule has 0 saturated heterocycles. The molecule has 0 saturated carbocycles. The first-order chi connectivity index (χ1) is 7.93. The number of carbonyl (C=O) groups is 2. The van der Waals surface area contributed by atoms with Crippen LogP contribution in [0.15, 0.2) is 6.20 Å². The van der Waals surface area contributed by atoms with Crippen LogP contribution in [-0.2, 0) is 18.4 Å². The number of aromatic carboxylic acids is 1. The fraction of sp³-hybridized carbons (Fsp3) is 0.444. The van der Waals surface area contributed by atoms with Gasteiger partial charge in [0.2, 0.25) is 5.91 Å². The number of nitrogens with zero attached hydrogens (tertiary/aromatic N) is 2. The molecule has 5 N–H and O–H groups in total. The Bertz CT molecular complexity index is 429. The van der Waals surface area contributed by atoms with E-state index in [1.807, 2.05) is 0 Å². The minimum absolute atomic E-state index is 0.0421. The number of aromatic nitrogens is 2. The molecule has 0 aromatic carbocycles. The third-order valence-corrected chi connectivity index (χ3v) is 2.25. The van der Waals surface area contributed by atoms with E-state index in [-0.39, 0.29) is 18.7 Å². The molecule has 0 aliphatic rings. The predicted octanol–water partition coefficient (Wildman–Crippen LogP) is -1.95. The summed E-state index contributed by atoms with van der Waals surface area (Å²) in [5.74, 6) is -1.91. The highest BCUT2D eigenvalue weighted by Crippen LogP contribution is 2.06. The Kier molecular flexibility index (Phi) is 4.18. The van der Waals surface area contributed by atoms with Crippen LogP contribution in [0.4, 0.5) is 0 Å². The number of hydrogen-bond donors (Lipinski definition) is 4. The summed E-state index contributed by atoms with van der Waals surface area (Å²) in [4.78, 5) is 21.4. The van der Waals surface area contributed by atoms with Crippen molar-refractivity contribution in [3.05, 3.63) is 17.5 Å². The second-order valence-corrected chi connectivity index (χ2v) is 3.48. The number of aliphatic hydroxyl groups is 1. The molecule has 0 aliphatic heterocycles. The van der Waals surface area contributed by atoms with Crippen LogP contribution in [0.25, 0.3) is 0 Å². The number of aryl methyl sites for hydroxylation is 1. The topological polar surface area (TPSA) is 130 Å². The van der Waals surface area contributed by atoms with Crippen LogP contribution in [-0.4, -0.2) is 44.5 Å². The van der Waals surface area contributed by atoms with E-state index >= 15 is 0 Å². The number of aliphatic hydroxyl groups excluding tert-OH is 1. The lowest BCUT2D eigenvalue weighted by Gasteiger charge is -2.09. The van der Waals surface area contributed by atoms with Crippen LogP contribution >= 0.6 is 0 Å². The maximum atomic E-state index is 10.8. The molecule has 94 valence electrons. The van der Waals surface area contributed by atoms with Crippen molar-refractivity contribution in [1.82, 2.24) is 15.1 Å². The van der Waals surface area contributed by atoms with E-state index in [4.69, 9.17) is 15.9 Å². The van der Waals surface area contributed by atoms with Gasteiger partial charge < -0.3 is 21.3 Å². The molecule has 1 unspecified atom stereocenters. The summed E-state index contributed by atoms with van der Waals surface area (Å²) >= 11 is 0. The summed E-state index contributed by atoms with van der Waals surface area (Å²) < 4.78 is 1.41. The van der Waals surface area contributed by atoms with Gasteiger partial charge in [-0.2, -0.15) is 5.10 Å². The van der Waals surface area contributed by atoms with E-state index in [0.717, 1.165) is 0 Å². The zero-order chi connectivity index (χ0) is 13.0. The molecular formula is C9H14N4O4. The number of carboxylic acids is 1. The average molecular weight is 242 g/mol. The van der Waals surface area contributed by atoms with Crippen LogP contribution in [0, 0.1) is 0 Å². The van der Waals surface area contributed by atoms with E-state index in [9.17, 15) is 9.59 Å². The summed E-state index contributed by atoms with van der Waals surface area (Å²) in [6, 6.07) is 0.